The maximum atomic E-state index is 5.17. The molecule has 0 radical (unpaired) electrons. The molecule has 0 saturated carbocycles. The summed E-state index contributed by atoms with van der Waals surface area (Å²) >= 11 is 0. The predicted octanol–water partition coefficient (Wildman–Crippen LogP) is 10.6. The Morgan fingerprint density at radius 2 is 1.00 bits per heavy atom. The molecule has 0 aliphatic carbocycles. The zero-order valence-corrected chi connectivity index (χ0v) is 23.8. The first-order valence-corrected chi connectivity index (χ1v) is 14.9. The highest BCUT2D eigenvalue weighted by Crippen LogP contribution is 2.36. The zero-order chi connectivity index (χ0) is 29.0. The first-order valence-electron chi connectivity index (χ1n) is 14.9. The molecule has 0 bridgehead atoms. The summed E-state index contributed by atoms with van der Waals surface area (Å²) in [6.45, 7) is 0. The van der Waals surface area contributed by atoms with Gasteiger partial charge in [-0.25, -0.2) is 9.97 Å². The van der Waals surface area contributed by atoms with Gasteiger partial charge < -0.3 is 0 Å². The second-order valence-corrected chi connectivity index (χ2v) is 11.3. The fourth-order valence-electron chi connectivity index (χ4n) is 6.49. The van der Waals surface area contributed by atoms with Crippen molar-refractivity contribution < 1.29 is 0 Å². The molecular formula is C41H25N3. The number of hydrogen-bond acceptors (Lipinski definition) is 3. The molecule has 3 nitrogen and oxygen atoms in total. The number of nitrogens with zero attached hydrogens (tertiary/aromatic N) is 3. The molecule has 6 aromatic carbocycles. The second kappa shape index (κ2) is 9.82. The van der Waals surface area contributed by atoms with Crippen LogP contribution >= 0.6 is 0 Å². The summed E-state index contributed by atoms with van der Waals surface area (Å²) in [5.41, 5.74) is 9.27. The largest absolute Gasteiger partial charge is 0.256 e. The smallest absolute Gasteiger partial charge is 0.0716 e. The minimum Gasteiger partial charge on any atom is -0.256 e. The van der Waals surface area contributed by atoms with Crippen LogP contribution in [0.15, 0.2) is 152 Å². The van der Waals surface area contributed by atoms with Gasteiger partial charge in [0.15, 0.2) is 0 Å². The third kappa shape index (κ3) is 4.02. The molecule has 9 aromatic rings. The maximum Gasteiger partial charge on any atom is 0.0716 e. The number of hydrogen-bond donors (Lipinski definition) is 0. The van der Waals surface area contributed by atoms with E-state index in [-0.39, 0.29) is 0 Å². The summed E-state index contributed by atoms with van der Waals surface area (Å²) in [7, 11) is 0. The van der Waals surface area contributed by atoms with E-state index in [1.54, 1.807) is 0 Å². The standard InChI is InChI=1S/C41H25N3/c1-2-8-31-28(7-1)23-36(33-10-4-3-9-32(31)33)29-16-14-26-18-20-37(43-40(26)24-29)30-17-15-27-19-21-39(44-41(27)25-30)35-11-5-13-38-34(35)12-6-22-42-38/h1-25H. The van der Waals surface area contributed by atoms with Crippen molar-refractivity contribution >= 4 is 54.3 Å². The maximum absolute atomic E-state index is 5.17. The Morgan fingerprint density at radius 1 is 0.341 bits per heavy atom. The topological polar surface area (TPSA) is 38.7 Å². The molecule has 3 aromatic heterocycles. The van der Waals surface area contributed by atoms with Gasteiger partial charge in [0.05, 0.1) is 27.9 Å². The minimum absolute atomic E-state index is 0.932. The lowest BCUT2D eigenvalue weighted by molar-refractivity contribution is 1.37. The Bertz CT molecular complexity index is 2560. The molecule has 0 fully saturated rings. The van der Waals surface area contributed by atoms with Crippen LogP contribution in [0.3, 0.4) is 0 Å². The van der Waals surface area contributed by atoms with Crippen LogP contribution < -0.4 is 0 Å². The van der Waals surface area contributed by atoms with Gasteiger partial charge in [0, 0.05) is 33.5 Å². The summed E-state index contributed by atoms with van der Waals surface area (Å²) in [6.07, 6.45) is 1.83. The molecule has 0 aliphatic heterocycles. The van der Waals surface area contributed by atoms with Crippen LogP contribution in [-0.4, -0.2) is 15.0 Å². The average Bonchev–Trinajstić information content (AvgIpc) is 3.10. The molecule has 3 heterocycles. The average molecular weight is 560 g/mol. The van der Waals surface area contributed by atoms with Crippen molar-refractivity contribution in [2.45, 2.75) is 0 Å². The van der Waals surface area contributed by atoms with E-state index in [0.717, 1.165) is 55.2 Å². The lowest BCUT2D eigenvalue weighted by atomic mass is 9.93. The van der Waals surface area contributed by atoms with E-state index in [1.165, 1.54) is 32.7 Å². The molecule has 204 valence electrons. The number of fused-ring (bicyclic) bond motifs is 6. The van der Waals surface area contributed by atoms with E-state index in [0.29, 0.717) is 0 Å². The van der Waals surface area contributed by atoms with E-state index >= 15 is 0 Å². The quantitative estimate of drug-likeness (QED) is 0.202. The van der Waals surface area contributed by atoms with E-state index in [4.69, 9.17) is 9.97 Å². The van der Waals surface area contributed by atoms with Crippen LogP contribution in [0.4, 0.5) is 0 Å². The first kappa shape index (κ1) is 24.6. The monoisotopic (exact) mass is 559 g/mol. The van der Waals surface area contributed by atoms with Crippen molar-refractivity contribution in [1.29, 1.82) is 0 Å². The van der Waals surface area contributed by atoms with Crippen LogP contribution in [-0.2, 0) is 0 Å². The van der Waals surface area contributed by atoms with E-state index < -0.39 is 0 Å². The SMILES string of the molecule is c1ccc2c(c1)cc(-c1ccc3ccc(-c4ccc5ccc(-c6cccc7ncccc67)nc5c4)nc3c1)c1ccccc12. The Kier molecular flexibility index (Phi) is 5.50. The van der Waals surface area contributed by atoms with Crippen molar-refractivity contribution in [3.8, 4) is 33.6 Å². The Morgan fingerprint density at radius 3 is 1.86 bits per heavy atom. The molecular weight excluding hydrogens is 534 g/mol. The lowest BCUT2D eigenvalue weighted by Gasteiger charge is -2.12. The number of rotatable bonds is 3. The van der Waals surface area contributed by atoms with Gasteiger partial charge in [0.2, 0.25) is 0 Å². The summed E-state index contributed by atoms with van der Waals surface area (Å²) in [5, 5.41) is 8.36. The van der Waals surface area contributed by atoms with Gasteiger partial charge in [0.1, 0.15) is 0 Å². The van der Waals surface area contributed by atoms with Gasteiger partial charge in [-0.3, -0.25) is 4.98 Å². The van der Waals surface area contributed by atoms with Crippen LogP contribution in [0.1, 0.15) is 0 Å². The summed E-state index contributed by atoms with van der Waals surface area (Å²) < 4.78 is 0. The van der Waals surface area contributed by atoms with Crippen LogP contribution in [0, 0.1) is 0 Å². The summed E-state index contributed by atoms with van der Waals surface area (Å²) in [6, 6.07) is 51.4. The fraction of sp³-hybridized carbons (Fsp3) is 0. The van der Waals surface area contributed by atoms with Gasteiger partial charge in [-0.2, -0.15) is 0 Å². The number of pyridine rings is 3. The van der Waals surface area contributed by atoms with E-state index in [1.807, 2.05) is 24.4 Å². The number of aromatic nitrogens is 3. The Balaban J connectivity index is 1.16. The van der Waals surface area contributed by atoms with E-state index in [2.05, 4.69) is 132 Å². The fourth-order valence-corrected chi connectivity index (χ4v) is 6.49. The molecule has 0 aliphatic rings. The summed E-state index contributed by atoms with van der Waals surface area (Å²) in [4.78, 5) is 14.8. The van der Waals surface area contributed by atoms with Crippen molar-refractivity contribution in [3.05, 3.63) is 152 Å². The van der Waals surface area contributed by atoms with Crippen molar-refractivity contribution in [3.63, 3.8) is 0 Å². The van der Waals surface area contributed by atoms with Crippen molar-refractivity contribution in [2.75, 3.05) is 0 Å². The van der Waals surface area contributed by atoms with Crippen LogP contribution in [0.25, 0.3) is 87.9 Å². The van der Waals surface area contributed by atoms with Gasteiger partial charge in [-0.15, -0.1) is 0 Å². The van der Waals surface area contributed by atoms with E-state index in [9.17, 15) is 0 Å². The highest BCUT2D eigenvalue weighted by atomic mass is 14.7. The number of benzene rings is 6. The zero-order valence-electron chi connectivity index (χ0n) is 23.8. The lowest BCUT2D eigenvalue weighted by Crippen LogP contribution is -1.90. The highest BCUT2D eigenvalue weighted by molar-refractivity contribution is 6.14. The third-order valence-electron chi connectivity index (χ3n) is 8.68. The summed E-state index contributed by atoms with van der Waals surface area (Å²) in [5.74, 6) is 0. The second-order valence-electron chi connectivity index (χ2n) is 11.3. The molecule has 0 saturated heterocycles. The van der Waals surface area contributed by atoms with Crippen molar-refractivity contribution in [2.24, 2.45) is 0 Å². The van der Waals surface area contributed by atoms with Gasteiger partial charge in [0.25, 0.3) is 0 Å². The Hall–Kier alpha value is -5.93. The molecule has 3 heteroatoms. The predicted molar refractivity (Wildman–Crippen MR) is 184 cm³/mol. The molecule has 44 heavy (non-hydrogen) atoms. The van der Waals surface area contributed by atoms with Gasteiger partial charge in [-0.1, -0.05) is 103 Å². The van der Waals surface area contributed by atoms with Crippen molar-refractivity contribution in [1.82, 2.24) is 15.0 Å². The normalized spacial score (nSPS) is 11.6. The molecule has 0 spiro atoms. The third-order valence-corrected chi connectivity index (χ3v) is 8.68. The molecule has 9 rings (SSSR count). The van der Waals surface area contributed by atoms with Gasteiger partial charge >= 0.3 is 0 Å². The highest BCUT2D eigenvalue weighted by Gasteiger charge is 2.11. The molecule has 0 amide bonds. The Labute approximate surface area is 254 Å². The van der Waals surface area contributed by atoms with Crippen LogP contribution in [0.5, 0.6) is 0 Å². The van der Waals surface area contributed by atoms with Crippen LogP contribution in [0.2, 0.25) is 0 Å². The molecule has 0 N–H and O–H groups in total. The van der Waals surface area contributed by atoms with Gasteiger partial charge in [-0.05, 0) is 75.1 Å². The molecule has 0 unspecified atom stereocenters. The first-order chi connectivity index (χ1) is 21.8. The minimum atomic E-state index is 0.932. The molecule has 0 atom stereocenters.